The average molecular weight is 487 g/mol. The van der Waals surface area contributed by atoms with Gasteiger partial charge in [-0.2, -0.15) is 13.1 Å². The first-order valence-electron chi connectivity index (χ1n) is 10.4. The van der Waals surface area contributed by atoms with Crippen LogP contribution in [0.2, 0.25) is 0 Å². The Hall–Kier alpha value is -3.20. The number of fused-ring (bicyclic) bond motifs is 2. The predicted octanol–water partition coefficient (Wildman–Crippen LogP) is 0.603. The van der Waals surface area contributed by atoms with Crippen molar-refractivity contribution in [2.24, 2.45) is 0 Å². The van der Waals surface area contributed by atoms with Crippen LogP contribution in [0.1, 0.15) is 11.8 Å². The van der Waals surface area contributed by atoms with Crippen LogP contribution in [-0.2, 0) is 21.6 Å². The van der Waals surface area contributed by atoms with Gasteiger partial charge in [0.15, 0.2) is 23.2 Å². The highest BCUT2D eigenvalue weighted by molar-refractivity contribution is 7.83. The fourth-order valence-electron chi connectivity index (χ4n) is 4.11. The number of nitrogens with one attached hydrogen (secondary N) is 2. The van der Waals surface area contributed by atoms with E-state index >= 15 is 0 Å². The van der Waals surface area contributed by atoms with Crippen LogP contribution < -0.4 is 10.0 Å². The minimum atomic E-state index is -4.48. The Labute approximate surface area is 194 Å². The highest BCUT2D eigenvalue weighted by atomic mass is 32.2. The second-order valence-corrected chi connectivity index (χ2v) is 9.15. The number of nitrogens with zero attached hydrogens (tertiary/aromatic N) is 4. The third kappa shape index (κ3) is 4.32. The number of hydrogen-bond acceptors (Lipinski definition) is 9. The lowest BCUT2D eigenvalue weighted by atomic mass is 10.0. The molecular weight excluding hydrogens is 464 g/mol. The molecule has 0 bridgehead atoms. The molecule has 1 saturated heterocycles. The van der Waals surface area contributed by atoms with E-state index in [9.17, 15) is 18.6 Å². The zero-order chi connectivity index (χ0) is 23.9. The fourth-order valence-corrected chi connectivity index (χ4v) is 4.48. The van der Waals surface area contributed by atoms with E-state index in [1.165, 1.54) is 17.2 Å². The van der Waals surface area contributed by atoms with Crippen LogP contribution in [-0.4, -0.2) is 67.6 Å². The van der Waals surface area contributed by atoms with Crippen molar-refractivity contribution >= 4 is 38.1 Å². The van der Waals surface area contributed by atoms with E-state index in [4.69, 9.17) is 9.29 Å². The fraction of sp³-hybridized carbons (Fsp3) is 0.286. The number of aromatic nitrogens is 4. The molecule has 178 valence electrons. The highest BCUT2D eigenvalue weighted by Gasteiger charge is 2.44. The summed E-state index contributed by atoms with van der Waals surface area (Å²) in [6, 6.07) is 14.1. The molecule has 5 rings (SSSR count). The first kappa shape index (κ1) is 22.6. The summed E-state index contributed by atoms with van der Waals surface area (Å²) in [4.78, 5) is 12.9. The summed E-state index contributed by atoms with van der Waals surface area (Å²) in [5.41, 5.74) is 1.87. The van der Waals surface area contributed by atoms with Gasteiger partial charge in [0.25, 0.3) is 0 Å². The van der Waals surface area contributed by atoms with Crippen molar-refractivity contribution < 1.29 is 27.9 Å². The van der Waals surface area contributed by atoms with Crippen LogP contribution in [0, 0.1) is 0 Å². The lowest BCUT2D eigenvalue weighted by Gasteiger charge is -2.16. The van der Waals surface area contributed by atoms with Crippen LogP contribution in [0.15, 0.2) is 55.1 Å². The molecule has 0 spiro atoms. The maximum atomic E-state index is 10.9. The van der Waals surface area contributed by atoms with Gasteiger partial charge in [-0.25, -0.2) is 15.0 Å². The maximum absolute atomic E-state index is 10.9. The van der Waals surface area contributed by atoms with E-state index in [2.05, 4.69) is 20.3 Å². The van der Waals surface area contributed by atoms with Gasteiger partial charge < -0.3 is 20.3 Å². The number of hydrogen-bond donors (Lipinski definition) is 5. The number of ether oxygens (including phenoxy) is 1. The first-order valence-corrected chi connectivity index (χ1v) is 11.9. The largest absolute Gasteiger partial charge is 0.387 e. The van der Waals surface area contributed by atoms with Gasteiger partial charge in [0.05, 0.1) is 6.33 Å². The molecule has 0 saturated carbocycles. The number of aliphatic hydroxyl groups is 2. The highest BCUT2D eigenvalue weighted by Crippen LogP contribution is 2.32. The molecule has 12 nitrogen and oxygen atoms in total. The number of benzene rings is 2. The van der Waals surface area contributed by atoms with Crippen LogP contribution in [0.4, 0.5) is 5.82 Å². The molecule has 0 radical (unpaired) electrons. The van der Waals surface area contributed by atoms with Crippen LogP contribution in [0.3, 0.4) is 0 Å². The van der Waals surface area contributed by atoms with Gasteiger partial charge in [0, 0.05) is 13.1 Å². The lowest BCUT2D eigenvalue weighted by Crippen LogP contribution is -2.39. The van der Waals surface area contributed by atoms with Gasteiger partial charge in [-0.15, -0.1) is 0 Å². The third-order valence-corrected chi connectivity index (χ3v) is 6.29. The number of aliphatic hydroxyl groups excluding tert-OH is 2. The molecule has 5 N–H and O–H groups in total. The normalized spacial score (nSPS) is 23.0. The summed E-state index contributed by atoms with van der Waals surface area (Å²) in [6.07, 6.45) is -2.20. The van der Waals surface area contributed by atoms with Crippen molar-refractivity contribution in [2.45, 2.75) is 31.1 Å². The molecule has 2 aromatic heterocycles. The zero-order valence-corrected chi connectivity index (χ0v) is 18.5. The van der Waals surface area contributed by atoms with Crippen molar-refractivity contribution in [3.05, 3.63) is 60.7 Å². The molecule has 13 heteroatoms. The SMILES string of the molecule is O=S(=O)(O)NC[C@H]1O[C@@H](n2cnc3c(NCc4cccc5ccccc45)ncnc32)[C@H](O)[C@@H]1O. The Morgan fingerprint density at radius 2 is 1.82 bits per heavy atom. The quantitative estimate of drug-likeness (QED) is 0.233. The monoisotopic (exact) mass is 486 g/mol. The van der Waals surface area contributed by atoms with E-state index in [0.29, 0.717) is 23.5 Å². The van der Waals surface area contributed by atoms with Crippen molar-refractivity contribution in [1.82, 2.24) is 24.2 Å². The molecule has 3 heterocycles. The van der Waals surface area contributed by atoms with Gasteiger partial charge in [0.1, 0.15) is 24.6 Å². The molecule has 0 amide bonds. The van der Waals surface area contributed by atoms with E-state index in [1.54, 1.807) is 0 Å². The van der Waals surface area contributed by atoms with Gasteiger partial charge in [0.2, 0.25) is 0 Å². The second kappa shape index (κ2) is 8.87. The van der Waals surface area contributed by atoms with Gasteiger partial charge in [-0.1, -0.05) is 42.5 Å². The topological polar surface area (TPSA) is 172 Å². The Morgan fingerprint density at radius 3 is 2.65 bits per heavy atom. The first-order chi connectivity index (χ1) is 16.3. The minimum absolute atomic E-state index is 0.357. The van der Waals surface area contributed by atoms with Crippen molar-refractivity contribution in [1.29, 1.82) is 0 Å². The maximum Gasteiger partial charge on any atom is 0.333 e. The molecule has 0 aliphatic carbocycles. The molecule has 0 unspecified atom stereocenters. The van der Waals surface area contributed by atoms with Crippen molar-refractivity contribution in [2.75, 3.05) is 11.9 Å². The van der Waals surface area contributed by atoms with Crippen molar-refractivity contribution in [3.63, 3.8) is 0 Å². The lowest BCUT2D eigenvalue weighted by molar-refractivity contribution is -0.0331. The minimum Gasteiger partial charge on any atom is -0.387 e. The Kier molecular flexibility index (Phi) is 5.89. The predicted molar refractivity (Wildman–Crippen MR) is 122 cm³/mol. The summed E-state index contributed by atoms with van der Waals surface area (Å²) in [7, 11) is -4.48. The second-order valence-electron chi connectivity index (χ2n) is 7.91. The van der Waals surface area contributed by atoms with E-state index in [1.807, 2.05) is 47.2 Å². The number of imidazole rings is 1. The molecule has 1 fully saturated rings. The summed E-state index contributed by atoms with van der Waals surface area (Å²) < 4.78 is 39.7. The van der Waals surface area contributed by atoms with Gasteiger partial charge in [-0.3, -0.25) is 9.12 Å². The molecule has 1 aliphatic rings. The number of rotatable bonds is 7. The Balaban J connectivity index is 1.38. The smallest absolute Gasteiger partial charge is 0.333 e. The van der Waals surface area contributed by atoms with E-state index < -0.39 is 41.4 Å². The Morgan fingerprint density at radius 1 is 1.03 bits per heavy atom. The number of anilines is 1. The zero-order valence-electron chi connectivity index (χ0n) is 17.7. The standard InChI is InChI=1S/C21H22N6O6S/c28-17-15(9-26-34(30,31)32)33-21(18(17)29)27-11-25-16-19(23-10-24-20(16)27)22-8-13-6-3-5-12-4-1-2-7-14(12)13/h1-7,10-11,15,17-18,21,26,28-29H,8-9H2,(H,22,23,24)(H,30,31,32)/t15-,17-,18-,21-/m1/s1. The average Bonchev–Trinajstić information content (AvgIpc) is 3.37. The molecule has 4 aromatic rings. The summed E-state index contributed by atoms with van der Waals surface area (Å²) in [5, 5.41) is 26.3. The van der Waals surface area contributed by atoms with E-state index in [-0.39, 0.29) is 0 Å². The summed E-state index contributed by atoms with van der Waals surface area (Å²) in [5.74, 6) is 0.481. The van der Waals surface area contributed by atoms with E-state index in [0.717, 1.165) is 16.3 Å². The van der Waals surface area contributed by atoms with Gasteiger partial charge >= 0.3 is 10.3 Å². The van der Waals surface area contributed by atoms with Crippen LogP contribution in [0.25, 0.3) is 21.9 Å². The summed E-state index contributed by atoms with van der Waals surface area (Å²) in [6.45, 7) is 0.0674. The summed E-state index contributed by atoms with van der Waals surface area (Å²) >= 11 is 0. The third-order valence-electron chi connectivity index (χ3n) is 5.76. The van der Waals surface area contributed by atoms with Crippen LogP contribution in [0.5, 0.6) is 0 Å². The Bertz CT molecular complexity index is 1440. The van der Waals surface area contributed by atoms with Crippen molar-refractivity contribution in [3.8, 4) is 0 Å². The molecule has 2 aromatic carbocycles. The molecule has 34 heavy (non-hydrogen) atoms. The molecule has 4 atom stereocenters. The molecule has 1 aliphatic heterocycles. The van der Waals surface area contributed by atoms with Gasteiger partial charge in [-0.05, 0) is 16.3 Å². The van der Waals surface area contributed by atoms with Crippen LogP contribution >= 0.6 is 0 Å². The molecular formula is C21H22N6O6S.